The van der Waals surface area contributed by atoms with Gasteiger partial charge in [-0.05, 0) is 101 Å². The molecule has 12 heteroatoms. The Morgan fingerprint density at radius 1 is 1.12 bits per heavy atom. The lowest BCUT2D eigenvalue weighted by atomic mass is 10.1. The Kier molecular flexibility index (Phi) is 22.5. The zero-order chi connectivity index (χ0) is 39.3. The third-order valence-electron chi connectivity index (χ3n) is 7.95. The molecule has 0 unspecified atom stereocenters. The minimum Gasteiger partial charge on any atom is -0.411 e. The SMILES string of the molecule is C#C.C/C=C(\C)OC(F)(F)F.C=C(F)CN1CCN(C)C[C@@H]1CC.CCC(C)=C1C=CC(Cl)=CN1/C(C(=O)NCc1cccc(F)c1)=C(\C)CC. The van der Waals surface area contributed by atoms with E-state index in [0.717, 1.165) is 55.7 Å². The van der Waals surface area contributed by atoms with Crippen molar-refractivity contribution < 1.29 is 31.5 Å². The Morgan fingerprint density at radius 2 is 1.76 bits per heavy atom. The molecule has 3 rings (SSSR count). The van der Waals surface area contributed by atoms with Gasteiger partial charge in [-0.1, -0.05) is 51.1 Å². The number of alkyl halides is 3. The van der Waals surface area contributed by atoms with Crippen LogP contribution in [0.3, 0.4) is 0 Å². The Bertz CT molecular complexity index is 1450. The van der Waals surface area contributed by atoms with E-state index in [4.69, 9.17) is 11.6 Å². The molecule has 2 heterocycles. The average molecular weight is 741 g/mol. The number of halogens is 6. The molecule has 6 nitrogen and oxygen atoms in total. The van der Waals surface area contributed by atoms with Crippen molar-refractivity contribution in [2.75, 3.05) is 33.2 Å². The number of carbonyl (C=O) groups excluding carboxylic acids is 1. The fourth-order valence-corrected chi connectivity index (χ4v) is 5.04. The minimum atomic E-state index is -4.55. The molecule has 0 radical (unpaired) electrons. The van der Waals surface area contributed by atoms with Gasteiger partial charge >= 0.3 is 6.36 Å². The normalized spacial score (nSPS) is 18.0. The number of hydrogen-bond donors (Lipinski definition) is 1. The topological polar surface area (TPSA) is 48.1 Å². The van der Waals surface area contributed by atoms with Crippen LogP contribution in [0.2, 0.25) is 0 Å². The van der Waals surface area contributed by atoms with E-state index in [1.54, 1.807) is 18.3 Å². The zero-order valence-electron chi connectivity index (χ0n) is 31.1. The minimum absolute atomic E-state index is 0.137. The van der Waals surface area contributed by atoms with E-state index >= 15 is 0 Å². The highest BCUT2D eigenvalue weighted by molar-refractivity contribution is 6.31. The van der Waals surface area contributed by atoms with Crippen LogP contribution < -0.4 is 5.32 Å². The van der Waals surface area contributed by atoms with Crippen LogP contribution >= 0.6 is 11.6 Å². The molecule has 2 aliphatic heterocycles. The molecule has 0 spiro atoms. The first-order valence-electron chi connectivity index (χ1n) is 16.7. The third-order valence-corrected chi connectivity index (χ3v) is 8.17. The van der Waals surface area contributed by atoms with Crippen LogP contribution in [0, 0.1) is 18.7 Å². The number of piperazine rings is 1. The van der Waals surface area contributed by atoms with Crippen LogP contribution in [0.15, 0.2) is 94.4 Å². The molecule has 1 saturated heterocycles. The molecule has 1 fully saturated rings. The van der Waals surface area contributed by atoms with E-state index < -0.39 is 6.36 Å². The van der Waals surface area contributed by atoms with Gasteiger partial charge in [-0.15, -0.1) is 26.0 Å². The fourth-order valence-electron chi connectivity index (χ4n) is 4.88. The van der Waals surface area contributed by atoms with Crippen LogP contribution in [-0.4, -0.2) is 66.2 Å². The fraction of sp³-hybridized carbons (Fsp3) is 0.462. The average Bonchev–Trinajstić information content (AvgIpc) is 3.08. The smallest absolute Gasteiger partial charge is 0.411 e. The van der Waals surface area contributed by atoms with Crippen LogP contribution in [0.5, 0.6) is 0 Å². The summed E-state index contributed by atoms with van der Waals surface area (Å²) in [6.45, 7) is 20.0. The van der Waals surface area contributed by atoms with Gasteiger partial charge in [0.15, 0.2) is 0 Å². The number of allylic oxidation sites excluding steroid dienone is 7. The highest BCUT2D eigenvalue weighted by Crippen LogP contribution is 2.29. The van der Waals surface area contributed by atoms with Crippen LogP contribution in [0.1, 0.15) is 73.3 Å². The van der Waals surface area contributed by atoms with Crippen molar-refractivity contribution in [2.24, 2.45) is 0 Å². The Balaban J connectivity index is 0.000000860. The molecule has 0 bridgehead atoms. The van der Waals surface area contributed by atoms with E-state index in [1.165, 1.54) is 32.1 Å². The number of terminal acetylenes is 1. The lowest BCUT2D eigenvalue weighted by molar-refractivity contribution is -0.305. The first-order valence-corrected chi connectivity index (χ1v) is 17.1. The van der Waals surface area contributed by atoms with E-state index in [-0.39, 0.29) is 29.9 Å². The highest BCUT2D eigenvalue weighted by atomic mass is 35.5. The first kappa shape index (κ1) is 47.1. The highest BCUT2D eigenvalue weighted by Gasteiger charge is 2.30. The molecule has 0 aromatic heterocycles. The summed E-state index contributed by atoms with van der Waals surface area (Å²) in [4.78, 5) is 19.4. The number of nitrogens with one attached hydrogen (secondary N) is 1. The Hall–Kier alpha value is -3.85. The van der Waals surface area contributed by atoms with Gasteiger partial charge in [0.2, 0.25) is 0 Å². The van der Waals surface area contributed by atoms with Gasteiger partial charge in [0, 0.05) is 44.1 Å². The number of carbonyl (C=O) groups is 1. The van der Waals surface area contributed by atoms with Gasteiger partial charge in [0.05, 0.1) is 17.3 Å². The largest absolute Gasteiger partial charge is 0.572 e. The molecule has 284 valence electrons. The number of amides is 1. The molecule has 51 heavy (non-hydrogen) atoms. The van der Waals surface area contributed by atoms with Crippen molar-refractivity contribution in [3.63, 3.8) is 0 Å². The number of nitrogens with zero attached hydrogens (tertiary/aromatic N) is 3. The second-order valence-electron chi connectivity index (χ2n) is 11.8. The van der Waals surface area contributed by atoms with Crippen molar-refractivity contribution in [2.45, 2.75) is 86.7 Å². The van der Waals surface area contributed by atoms with Gasteiger partial charge in [-0.25, -0.2) is 8.78 Å². The molecule has 1 aromatic carbocycles. The van der Waals surface area contributed by atoms with E-state index in [2.05, 4.69) is 60.2 Å². The summed E-state index contributed by atoms with van der Waals surface area (Å²) in [6, 6.07) is 6.71. The Labute approximate surface area is 307 Å². The van der Waals surface area contributed by atoms with E-state index in [1.807, 2.05) is 37.8 Å². The molecule has 2 aliphatic rings. The number of benzene rings is 1. The van der Waals surface area contributed by atoms with Gasteiger partial charge in [-0.3, -0.25) is 9.69 Å². The summed E-state index contributed by atoms with van der Waals surface area (Å²) in [5.74, 6) is -0.886. The van der Waals surface area contributed by atoms with Gasteiger partial charge < -0.3 is 19.9 Å². The first-order chi connectivity index (χ1) is 24.0. The molecule has 1 amide bonds. The maximum absolute atomic E-state index is 13.4. The van der Waals surface area contributed by atoms with Crippen molar-refractivity contribution >= 4 is 17.5 Å². The number of hydrogen-bond acceptors (Lipinski definition) is 5. The molecule has 0 saturated carbocycles. The van der Waals surface area contributed by atoms with Crippen molar-refractivity contribution in [3.8, 4) is 12.8 Å². The maximum atomic E-state index is 13.4. The number of ether oxygens (including phenoxy) is 1. The summed E-state index contributed by atoms with van der Waals surface area (Å²) in [5, 5.41) is 3.46. The number of likely N-dealkylation sites (N-methyl/N-ethyl adjacent to an activating group) is 1. The lowest BCUT2D eigenvalue weighted by Crippen LogP contribution is -2.51. The summed E-state index contributed by atoms with van der Waals surface area (Å²) in [5.41, 5.74) is 4.32. The van der Waals surface area contributed by atoms with Crippen molar-refractivity contribution in [1.29, 1.82) is 0 Å². The van der Waals surface area contributed by atoms with E-state index in [9.17, 15) is 26.7 Å². The lowest BCUT2D eigenvalue weighted by Gasteiger charge is -2.39. The summed E-state index contributed by atoms with van der Waals surface area (Å²) < 4.78 is 63.2. The molecule has 1 aromatic rings. The predicted molar refractivity (Wildman–Crippen MR) is 199 cm³/mol. The molecule has 1 N–H and O–H groups in total. The van der Waals surface area contributed by atoms with Crippen LogP contribution in [-0.2, 0) is 16.1 Å². The second-order valence-corrected chi connectivity index (χ2v) is 12.2. The van der Waals surface area contributed by atoms with Crippen molar-refractivity contribution in [3.05, 3.63) is 106 Å². The Morgan fingerprint density at radius 3 is 2.25 bits per heavy atom. The van der Waals surface area contributed by atoms with Gasteiger partial charge in [-0.2, -0.15) is 0 Å². The second kappa shape index (κ2) is 24.4. The summed E-state index contributed by atoms with van der Waals surface area (Å²) in [7, 11) is 2.12. The zero-order valence-corrected chi connectivity index (χ0v) is 31.9. The summed E-state index contributed by atoms with van der Waals surface area (Å²) in [6.07, 6.45) is 12.9. The van der Waals surface area contributed by atoms with E-state index in [0.29, 0.717) is 28.9 Å². The molecule has 0 aliphatic carbocycles. The summed E-state index contributed by atoms with van der Waals surface area (Å²) >= 11 is 6.23. The molecule has 1 atom stereocenters. The molecular formula is C39H54ClF5N4O2. The van der Waals surface area contributed by atoms with Crippen LogP contribution in [0.25, 0.3) is 0 Å². The molecular weight excluding hydrogens is 687 g/mol. The standard InChI is InChI=1S/C22H26ClFN2O.C10H19FN2.C5H7F3O.C2H2/c1-5-15(3)20-11-10-18(23)14-26(20)21(16(4)6-2)22(27)25-13-17-8-7-9-19(24)12-17;1-4-10-8-12(3)5-6-13(10)7-9(2)11;1-3-4(2)9-5(6,7)8;1-2/h7-12,14H,5-6,13H2,1-4H3,(H,25,27);10H,2,4-8H2,1,3H3;3H,1-2H3;1-2H/b20-15?,21-16+;;4-3+;/t;10-;;/m.0../s1. The number of rotatable bonds is 10. The van der Waals surface area contributed by atoms with Gasteiger partial charge in [0.25, 0.3) is 5.91 Å². The quantitative estimate of drug-likeness (QED) is 0.112. The van der Waals surface area contributed by atoms with Crippen LogP contribution in [0.4, 0.5) is 22.0 Å². The monoisotopic (exact) mass is 740 g/mol. The maximum Gasteiger partial charge on any atom is 0.572 e. The predicted octanol–water partition coefficient (Wildman–Crippen LogP) is 9.95. The third kappa shape index (κ3) is 18.3. The van der Waals surface area contributed by atoms with Gasteiger partial charge in [0.1, 0.15) is 17.3 Å². The van der Waals surface area contributed by atoms with Crippen molar-refractivity contribution in [1.82, 2.24) is 20.0 Å².